The van der Waals surface area contributed by atoms with Crippen LogP contribution in [-0.4, -0.2) is 16.6 Å². The summed E-state index contributed by atoms with van der Waals surface area (Å²) in [6.45, 7) is 0.864. The van der Waals surface area contributed by atoms with E-state index in [9.17, 15) is 4.79 Å². The Morgan fingerprint density at radius 1 is 1.73 bits per heavy atom. The van der Waals surface area contributed by atoms with E-state index in [-0.39, 0.29) is 4.87 Å². The number of hydrogen-bond acceptors (Lipinski definition) is 3. The SMILES string of the molecule is CSCCCn1ccsc1=O. The number of nitrogens with zero attached hydrogens (tertiary/aromatic N) is 1. The minimum Gasteiger partial charge on any atom is -0.306 e. The van der Waals surface area contributed by atoms with Gasteiger partial charge in [-0.05, 0) is 18.4 Å². The third-order valence-electron chi connectivity index (χ3n) is 1.39. The van der Waals surface area contributed by atoms with Crippen LogP contribution in [0, 0.1) is 0 Å². The molecule has 1 heterocycles. The Balaban J connectivity index is 2.39. The quantitative estimate of drug-likeness (QED) is 0.672. The third-order valence-corrected chi connectivity index (χ3v) is 2.78. The van der Waals surface area contributed by atoms with Crippen LogP contribution in [0.2, 0.25) is 0 Å². The number of rotatable bonds is 4. The minimum absolute atomic E-state index is 0.158. The Labute approximate surface area is 74.2 Å². The molecule has 0 saturated carbocycles. The first kappa shape index (κ1) is 8.87. The predicted molar refractivity (Wildman–Crippen MR) is 51.6 cm³/mol. The highest BCUT2D eigenvalue weighted by Gasteiger charge is 1.94. The molecule has 62 valence electrons. The van der Waals surface area contributed by atoms with Crippen molar-refractivity contribution >= 4 is 23.1 Å². The zero-order chi connectivity index (χ0) is 8.10. The van der Waals surface area contributed by atoms with Crippen molar-refractivity contribution in [3.63, 3.8) is 0 Å². The Hall–Kier alpha value is -0.220. The predicted octanol–water partition coefficient (Wildman–Crippen LogP) is 1.66. The molecule has 1 aromatic heterocycles. The van der Waals surface area contributed by atoms with Gasteiger partial charge in [-0.3, -0.25) is 4.79 Å². The van der Waals surface area contributed by atoms with E-state index in [2.05, 4.69) is 6.26 Å². The van der Waals surface area contributed by atoms with Gasteiger partial charge in [-0.1, -0.05) is 11.3 Å². The largest absolute Gasteiger partial charge is 0.307 e. The van der Waals surface area contributed by atoms with Crippen LogP contribution in [0.15, 0.2) is 16.4 Å². The first-order valence-electron chi connectivity index (χ1n) is 3.47. The summed E-state index contributed by atoms with van der Waals surface area (Å²) in [5.74, 6) is 1.13. The topological polar surface area (TPSA) is 22.0 Å². The van der Waals surface area contributed by atoms with Gasteiger partial charge in [0.1, 0.15) is 0 Å². The van der Waals surface area contributed by atoms with E-state index in [4.69, 9.17) is 0 Å². The number of hydrogen-bond donors (Lipinski definition) is 0. The number of aromatic nitrogens is 1. The molecular formula is C7H11NOS2. The zero-order valence-corrected chi connectivity index (χ0v) is 8.08. The fourth-order valence-electron chi connectivity index (χ4n) is 0.836. The summed E-state index contributed by atoms with van der Waals surface area (Å²) in [7, 11) is 0. The van der Waals surface area contributed by atoms with E-state index in [0.29, 0.717) is 0 Å². The average molecular weight is 189 g/mol. The van der Waals surface area contributed by atoms with Crippen molar-refractivity contribution in [1.82, 2.24) is 4.57 Å². The second kappa shape index (κ2) is 4.62. The molecule has 0 radical (unpaired) electrons. The van der Waals surface area contributed by atoms with Crippen LogP contribution >= 0.6 is 23.1 Å². The van der Waals surface area contributed by atoms with E-state index >= 15 is 0 Å². The lowest BCUT2D eigenvalue weighted by molar-refractivity contribution is 0.674. The van der Waals surface area contributed by atoms with Crippen molar-refractivity contribution in [2.24, 2.45) is 0 Å². The van der Waals surface area contributed by atoms with Crippen LogP contribution in [-0.2, 0) is 6.54 Å². The summed E-state index contributed by atoms with van der Waals surface area (Å²) in [5.41, 5.74) is 0. The molecule has 0 fully saturated rings. The van der Waals surface area contributed by atoms with Gasteiger partial charge < -0.3 is 4.57 Å². The van der Waals surface area contributed by atoms with Crippen LogP contribution in [0.3, 0.4) is 0 Å². The summed E-state index contributed by atoms with van der Waals surface area (Å²) in [6.07, 6.45) is 5.02. The van der Waals surface area contributed by atoms with Crippen molar-refractivity contribution in [2.75, 3.05) is 12.0 Å². The van der Waals surface area contributed by atoms with Gasteiger partial charge in [-0.2, -0.15) is 11.8 Å². The number of aryl methyl sites for hydroxylation is 1. The molecule has 0 N–H and O–H groups in total. The molecule has 4 heteroatoms. The summed E-state index contributed by atoms with van der Waals surface area (Å²) >= 11 is 3.08. The maximum absolute atomic E-state index is 11.0. The molecule has 11 heavy (non-hydrogen) atoms. The third kappa shape index (κ3) is 2.71. The second-order valence-electron chi connectivity index (χ2n) is 2.21. The van der Waals surface area contributed by atoms with Gasteiger partial charge in [0.2, 0.25) is 0 Å². The maximum atomic E-state index is 11.0. The smallest absolute Gasteiger partial charge is 0.306 e. The number of thioether (sulfide) groups is 1. The van der Waals surface area contributed by atoms with Gasteiger partial charge in [0.25, 0.3) is 0 Å². The molecule has 0 bridgehead atoms. The van der Waals surface area contributed by atoms with Crippen molar-refractivity contribution < 1.29 is 0 Å². The Morgan fingerprint density at radius 3 is 3.09 bits per heavy atom. The summed E-state index contributed by atoms with van der Waals surface area (Å²) < 4.78 is 1.76. The standard InChI is InChI=1S/C7H11NOS2/c1-10-5-2-3-8-4-6-11-7(8)9/h4,6H,2-3,5H2,1H3. The summed E-state index contributed by atoms with van der Waals surface area (Å²) in [4.78, 5) is 11.1. The van der Waals surface area contributed by atoms with E-state index in [1.54, 1.807) is 4.57 Å². The molecule has 0 aliphatic rings. The maximum Gasteiger partial charge on any atom is 0.307 e. The second-order valence-corrected chi connectivity index (χ2v) is 4.05. The van der Waals surface area contributed by atoms with Gasteiger partial charge in [0.05, 0.1) is 0 Å². The first-order chi connectivity index (χ1) is 5.34. The van der Waals surface area contributed by atoms with E-state index in [1.165, 1.54) is 11.3 Å². The molecule has 1 rings (SSSR count). The van der Waals surface area contributed by atoms with Crippen LogP contribution in [0.5, 0.6) is 0 Å². The highest BCUT2D eigenvalue weighted by atomic mass is 32.2. The molecule has 1 aromatic rings. The molecule has 0 amide bonds. The fraction of sp³-hybridized carbons (Fsp3) is 0.571. The van der Waals surface area contributed by atoms with E-state index in [0.717, 1.165) is 18.7 Å². The molecule has 0 aromatic carbocycles. The van der Waals surface area contributed by atoms with Crippen molar-refractivity contribution in [3.8, 4) is 0 Å². The van der Waals surface area contributed by atoms with Gasteiger partial charge in [-0.15, -0.1) is 0 Å². The van der Waals surface area contributed by atoms with Gasteiger partial charge in [0, 0.05) is 18.1 Å². The van der Waals surface area contributed by atoms with Crippen molar-refractivity contribution in [1.29, 1.82) is 0 Å². The monoisotopic (exact) mass is 189 g/mol. The molecular weight excluding hydrogens is 178 g/mol. The Morgan fingerprint density at radius 2 is 2.55 bits per heavy atom. The highest BCUT2D eigenvalue weighted by Crippen LogP contribution is 1.98. The van der Waals surface area contributed by atoms with Crippen molar-refractivity contribution in [2.45, 2.75) is 13.0 Å². The molecule has 0 aliphatic heterocycles. The van der Waals surface area contributed by atoms with Crippen LogP contribution < -0.4 is 4.87 Å². The normalized spacial score (nSPS) is 10.3. The molecule has 0 spiro atoms. The summed E-state index contributed by atoms with van der Waals surface area (Å²) in [5, 5.41) is 1.83. The average Bonchev–Trinajstić information content (AvgIpc) is 2.37. The van der Waals surface area contributed by atoms with E-state index < -0.39 is 0 Å². The summed E-state index contributed by atoms with van der Waals surface area (Å²) in [6, 6.07) is 0. The lowest BCUT2D eigenvalue weighted by Gasteiger charge is -1.97. The molecule has 2 nitrogen and oxygen atoms in total. The lowest BCUT2D eigenvalue weighted by Crippen LogP contribution is -2.11. The molecule has 0 saturated heterocycles. The van der Waals surface area contributed by atoms with Gasteiger partial charge in [-0.25, -0.2) is 0 Å². The van der Waals surface area contributed by atoms with Crippen LogP contribution in [0.4, 0.5) is 0 Å². The first-order valence-corrected chi connectivity index (χ1v) is 5.75. The number of thiazole rings is 1. The molecule has 0 unspecified atom stereocenters. The Bertz CT molecular complexity index is 253. The highest BCUT2D eigenvalue weighted by molar-refractivity contribution is 7.98. The van der Waals surface area contributed by atoms with Crippen molar-refractivity contribution in [3.05, 3.63) is 21.2 Å². The van der Waals surface area contributed by atoms with E-state index in [1.807, 2.05) is 23.3 Å². The van der Waals surface area contributed by atoms with Gasteiger partial charge >= 0.3 is 4.87 Å². The lowest BCUT2D eigenvalue weighted by atomic mass is 10.5. The molecule has 0 atom stereocenters. The van der Waals surface area contributed by atoms with Crippen LogP contribution in [0.1, 0.15) is 6.42 Å². The minimum atomic E-state index is 0.158. The van der Waals surface area contributed by atoms with Crippen LogP contribution in [0.25, 0.3) is 0 Å². The zero-order valence-electron chi connectivity index (χ0n) is 6.45. The fourth-order valence-corrected chi connectivity index (χ4v) is 1.87. The Kier molecular flexibility index (Phi) is 3.72. The molecule has 0 aliphatic carbocycles. The van der Waals surface area contributed by atoms with Gasteiger partial charge in [0.15, 0.2) is 0 Å².